The number of aliphatic hydroxyl groups is 1. The van der Waals surface area contributed by atoms with Gasteiger partial charge in [-0.25, -0.2) is 0 Å². The normalized spacial score (nSPS) is 10.4. The Hall–Kier alpha value is -1.60. The fraction of sp³-hybridized carbons (Fsp3) is 0.200. The van der Waals surface area contributed by atoms with E-state index in [2.05, 4.69) is 38.1 Å². The van der Waals surface area contributed by atoms with Gasteiger partial charge in [0.05, 0.1) is 6.61 Å². The van der Waals surface area contributed by atoms with Gasteiger partial charge in [0.1, 0.15) is 0 Å². The second kappa shape index (κ2) is 4.50. The standard InChI is InChI=1S/C15H16O/c1-11-6-7-15(8-12(11)2)14-5-3-4-13(9-14)10-16/h3-9,16H,10H2,1-2H3. The zero-order valence-corrected chi connectivity index (χ0v) is 9.70. The van der Waals surface area contributed by atoms with Gasteiger partial charge in [0.25, 0.3) is 0 Å². The molecule has 0 saturated heterocycles. The largest absolute Gasteiger partial charge is 0.392 e. The van der Waals surface area contributed by atoms with E-state index in [1.165, 1.54) is 16.7 Å². The van der Waals surface area contributed by atoms with Crippen molar-refractivity contribution in [2.75, 3.05) is 0 Å². The van der Waals surface area contributed by atoms with Crippen molar-refractivity contribution in [1.29, 1.82) is 0 Å². The SMILES string of the molecule is Cc1ccc(-c2cccc(CO)c2)cc1C. The second-order valence-electron chi connectivity index (χ2n) is 4.16. The van der Waals surface area contributed by atoms with Gasteiger partial charge in [-0.3, -0.25) is 0 Å². The summed E-state index contributed by atoms with van der Waals surface area (Å²) in [6.07, 6.45) is 0. The molecule has 0 aliphatic heterocycles. The first-order chi connectivity index (χ1) is 7.70. The Morgan fingerprint density at radius 2 is 1.62 bits per heavy atom. The molecule has 0 aromatic heterocycles. The maximum Gasteiger partial charge on any atom is 0.0682 e. The van der Waals surface area contributed by atoms with Crippen molar-refractivity contribution in [3.63, 3.8) is 0 Å². The summed E-state index contributed by atoms with van der Waals surface area (Å²) in [7, 11) is 0. The van der Waals surface area contributed by atoms with Gasteiger partial charge in [-0.15, -0.1) is 0 Å². The Balaban J connectivity index is 2.46. The molecule has 1 N–H and O–H groups in total. The minimum atomic E-state index is 0.0959. The lowest BCUT2D eigenvalue weighted by Gasteiger charge is -2.06. The van der Waals surface area contributed by atoms with Crippen molar-refractivity contribution >= 4 is 0 Å². The second-order valence-corrected chi connectivity index (χ2v) is 4.16. The molecule has 0 fully saturated rings. The van der Waals surface area contributed by atoms with Crippen molar-refractivity contribution in [3.05, 3.63) is 59.2 Å². The number of hydrogen-bond donors (Lipinski definition) is 1. The third-order valence-electron chi connectivity index (χ3n) is 2.95. The summed E-state index contributed by atoms with van der Waals surface area (Å²) >= 11 is 0. The van der Waals surface area contributed by atoms with Crippen LogP contribution in [0.1, 0.15) is 16.7 Å². The molecule has 0 spiro atoms. The molecule has 1 nitrogen and oxygen atoms in total. The highest BCUT2D eigenvalue weighted by atomic mass is 16.3. The Bertz CT molecular complexity index is 501. The van der Waals surface area contributed by atoms with Crippen molar-refractivity contribution < 1.29 is 5.11 Å². The summed E-state index contributed by atoms with van der Waals surface area (Å²) in [5, 5.41) is 9.11. The molecule has 0 saturated carbocycles. The highest BCUT2D eigenvalue weighted by Crippen LogP contribution is 2.23. The first-order valence-corrected chi connectivity index (χ1v) is 5.48. The Labute approximate surface area is 96.4 Å². The molecule has 16 heavy (non-hydrogen) atoms. The van der Waals surface area contributed by atoms with Crippen LogP contribution in [-0.4, -0.2) is 5.11 Å². The van der Waals surface area contributed by atoms with Crippen LogP contribution in [0, 0.1) is 13.8 Å². The average Bonchev–Trinajstić information content (AvgIpc) is 2.33. The summed E-state index contributed by atoms with van der Waals surface area (Å²) in [5.41, 5.74) is 5.93. The lowest BCUT2D eigenvalue weighted by molar-refractivity contribution is 0.282. The van der Waals surface area contributed by atoms with Crippen molar-refractivity contribution in [1.82, 2.24) is 0 Å². The number of hydrogen-bond acceptors (Lipinski definition) is 1. The van der Waals surface area contributed by atoms with Crippen LogP contribution in [-0.2, 0) is 6.61 Å². The van der Waals surface area contributed by atoms with E-state index in [9.17, 15) is 0 Å². The predicted molar refractivity (Wildman–Crippen MR) is 67.3 cm³/mol. The molecule has 0 atom stereocenters. The average molecular weight is 212 g/mol. The third kappa shape index (κ3) is 2.15. The lowest BCUT2D eigenvalue weighted by Crippen LogP contribution is -1.86. The first kappa shape index (κ1) is 10.9. The van der Waals surface area contributed by atoms with Crippen LogP contribution in [0.2, 0.25) is 0 Å². The fourth-order valence-corrected chi connectivity index (χ4v) is 1.77. The quantitative estimate of drug-likeness (QED) is 0.808. The summed E-state index contributed by atoms with van der Waals surface area (Å²) in [6, 6.07) is 14.5. The summed E-state index contributed by atoms with van der Waals surface area (Å²) in [4.78, 5) is 0. The minimum absolute atomic E-state index is 0.0959. The van der Waals surface area contributed by atoms with Gasteiger partial charge in [0, 0.05) is 0 Å². The molecule has 0 aliphatic rings. The number of rotatable bonds is 2. The molecular weight excluding hydrogens is 196 g/mol. The summed E-state index contributed by atoms with van der Waals surface area (Å²) in [5.74, 6) is 0. The zero-order chi connectivity index (χ0) is 11.5. The van der Waals surface area contributed by atoms with E-state index < -0.39 is 0 Å². The van der Waals surface area contributed by atoms with Crippen LogP contribution in [0.3, 0.4) is 0 Å². The maximum absolute atomic E-state index is 9.11. The smallest absolute Gasteiger partial charge is 0.0682 e. The van der Waals surface area contributed by atoms with Gasteiger partial charge in [-0.2, -0.15) is 0 Å². The molecule has 82 valence electrons. The van der Waals surface area contributed by atoms with Crippen LogP contribution in [0.5, 0.6) is 0 Å². The first-order valence-electron chi connectivity index (χ1n) is 5.48. The molecule has 2 aromatic carbocycles. The maximum atomic E-state index is 9.11. The monoisotopic (exact) mass is 212 g/mol. The molecule has 0 bridgehead atoms. The van der Waals surface area contributed by atoms with E-state index >= 15 is 0 Å². The molecule has 1 heteroatoms. The van der Waals surface area contributed by atoms with E-state index in [0.29, 0.717) is 0 Å². The van der Waals surface area contributed by atoms with Gasteiger partial charge < -0.3 is 5.11 Å². The molecule has 0 amide bonds. The van der Waals surface area contributed by atoms with Gasteiger partial charge in [0.15, 0.2) is 0 Å². The van der Waals surface area contributed by atoms with Crippen LogP contribution >= 0.6 is 0 Å². The fourth-order valence-electron chi connectivity index (χ4n) is 1.77. The Morgan fingerprint density at radius 1 is 0.875 bits per heavy atom. The van der Waals surface area contributed by atoms with Crippen molar-refractivity contribution in [3.8, 4) is 11.1 Å². The van der Waals surface area contributed by atoms with E-state index in [1.54, 1.807) is 0 Å². The van der Waals surface area contributed by atoms with Crippen LogP contribution in [0.4, 0.5) is 0 Å². The summed E-state index contributed by atoms with van der Waals surface area (Å²) < 4.78 is 0. The Kier molecular flexibility index (Phi) is 3.07. The van der Waals surface area contributed by atoms with E-state index in [0.717, 1.165) is 11.1 Å². The van der Waals surface area contributed by atoms with Gasteiger partial charge in [0.2, 0.25) is 0 Å². The molecule has 2 aromatic rings. The minimum Gasteiger partial charge on any atom is -0.392 e. The molecule has 0 unspecified atom stereocenters. The van der Waals surface area contributed by atoms with E-state index in [1.807, 2.05) is 18.2 Å². The van der Waals surface area contributed by atoms with Crippen molar-refractivity contribution in [2.24, 2.45) is 0 Å². The molecule has 0 aliphatic carbocycles. The van der Waals surface area contributed by atoms with Crippen LogP contribution in [0.15, 0.2) is 42.5 Å². The molecule has 2 rings (SSSR count). The lowest BCUT2D eigenvalue weighted by atomic mass is 9.99. The predicted octanol–water partition coefficient (Wildman–Crippen LogP) is 3.46. The highest BCUT2D eigenvalue weighted by molar-refractivity contribution is 5.65. The van der Waals surface area contributed by atoms with Gasteiger partial charge in [-0.05, 0) is 47.7 Å². The topological polar surface area (TPSA) is 20.2 Å². The zero-order valence-electron chi connectivity index (χ0n) is 9.70. The van der Waals surface area contributed by atoms with Crippen LogP contribution in [0.25, 0.3) is 11.1 Å². The molecule has 0 radical (unpaired) electrons. The van der Waals surface area contributed by atoms with E-state index in [-0.39, 0.29) is 6.61 Å². The van der Waals surface area contributed by atoms with Crippen LogP contribution < -0.4 is 0 Å². The third-order valence-corrected chi connectivity index (χ3v) is 2.95. The Morgan fingerprint density at radius 3 is 2.31 bits per heavy atom. The molecule has 0 heterocycles. The van der Waals surface area contributed by atoms with Gasteiger partial charge >= 0.3 is 0 Å². The summed E-state index contributed by atoms with van der Waals surface area (Å²) in [6.45, 7) is 4.33. The van der Waals surface area contributed by atoms with E-state index in [4.69, 9.17) is 5.11 Å². The van der Waals surface area contributed by atoms with Gasteiger partial charge in [-0.1, -0.05) is 36.4 Å². The number of aryl methyl sites for hydroxylation is 2. The molecular formula is C15H16O. The number of benzene rings is 2. The number of aliphatic hydroxyl groups excluding tert-OH is 1. The highest BCUT2D eigenvalue weighted by Gasteiger charge is 2.00. The van der Waals surface area contributed by atoms with Crippen molar-refractivity contribution in [2.45, 2.75) is 20.5 Å².